The highest BCUT2D eigenvalue weighted by molar-refractivity contribution is 7.86. The Morgan fingerprint density at radius 1 is 0.805 bits per heavy atom. The molecule has 1 aliphatic heterocycles. The third kappa shape index (κ3) is 4.83. The maximum atomic E-state index is 13.9. The van der Waals surface area contributed by atoms with E-state index in [-0.39, 0.29) is 6.03 Å². The third-order valence-electron chi connectivity index (χ3n) is 7.56. The number of carbonyl (C=O) groups excluding carboxylic acids is 1. The number of rotatable bonds is 8. The summed E-state index contributed by atoms with van der Waals surface area (Å²) in [6.45, 7) is 0.839. The lowest BCUT2D eigenvalue weighted by Crippen LogP contribution is -2.58. The number of amides is 2. The smallest absolute Gasteiger partial charge is 0.318 e. The van der Waals surface area contributed by atoms with Gasteiger partial charge in [0.2, 0.25) is 0 Å². The molecule has 0 spiro atoms. The van der Waals surface area contributed by atoms with Crippen LogP contribution in [0.3, 0.4) is 0 Å². The van der Waals surface area contributed by atoms with Crippen LogP contribution in [0.4, 0.5) is 4.79 Å². The van der Waals surface area contributed by atoms with Gasteiger partial charge in [-0.3, -0.25) is 4.55 Å². The number of urea groups is 1. The first-order valence-corrected chi connectivity index (χ1v) is 14.6. The Bertz CT molecular complexity index is 1570. The summed E-state index contributed by atoms with van der Waals surface area (Å²) in [5.41, 5.74) is 1.12. The Morgan fingerprint density at radius 3 is 1.78 bits per heavy atom. The quantitative estimate of drug-likeness (QED) is 0.372. The van der Waals surface area contributed by atoms with Crippen LogP contribution in [0.25, 0.3) is 11.1 Å². The second kappa shape index (κ2) is 11.3. The molecular weight excluding hydrogens is 544 g/mol. The van der Waals surface area contributed by atoms with Gasteiger partial charge in [0.25, 0.3) is 10.1 Å². The van der Waals surface area contributed by atoms with Crippen LogP contribution in [0.15, 0.2) is 84.9 Å². The molecule has 3 aromatic rings. The van der Waals surface area contributed by atoms with Crippen molar-refractivity contribution in [2.45, 2.75) is 17.2 Å². The van der Waals surface area contributed by atoms with Gasteiger partial charge in [0.1, 0.15) is 28.0 Å². The van der Waals surface area contributed by atoms with Gasteiger partial charge < -0.3 is 24.4 Å². The van der Waals surface area contributed by atoms with Crippen molar-refractivity contribution in [1.82, 2.24) is 10.2 Å². The van der Waals surface area contributed by atoms with Crippen molar-refractivity contribution in [1.29, 1.82) is 0 Å². The van der Waals surface area contributed by atoms with E-state index in [1.54, 1.807) is 42.3 Å². The first-order valence-electron chi connectivity index (χ1n) is 13.1. The van der Waals surface area contributed by atoms with Crippen LogP contribution in [0.2, 0.25) is 0 Å². The Kier molecular flexibility index (Phi) is 7.79. The minimum Gasteiger partial charge on any atom is -0.496 e. The first kappa shape index (κ1) is 28.3. The van der Waals surface area contributed by atoms with Crippen molar-refractivity contribution in [3.05, 3.63) is 102 Å². The summed E-state index contributed by atoms with van der Waals surface area (Å²) in [5.74, 6) is 1.41. The van der Waals surface area contributed by atoms with Gasteiger partial charge in [0.15, 0.2) is 0 Å². The van der Waals surface area contributed by atoms with E-state index in [4.69, 9.17) is 14.2 Å². The van der Waals surface area contributed by atoms with E-state index in [1.807, 2.05) is 42.5 Å². The van der Waals surface area contributed by atoms with E-state index < -0.39 is 20.9 Å². The summed E-state index contributed by atoms with van der Waals surface area (Å²) in [6.07, 6.45) is 3.61. The van der Waals surface area contributed by atoms with Crippen molar-refractivity contribution in [3.8, 4) is 17.2 Å². The zero-order chi connectivity index (χ0) is 29.2. The Balaban J connectivity index is 2.02. The van der Waals surface area contributed by atoms with Gasteiger partial charge in [-0.15, -0.1) is 0 Å². The Labute approximate surface area is 239 Å². The molecule has 2 N–H and O–H groups in total. The molecule has 1 heterocycles. The predicted molar refractivity (Wildman–Crippen MR) is 157 cm³/mol. The molecule has 0 atom stereocenters. The highest BCUT2D eigenvalue weighted by Crippen LogP contribution is 2.58. The first-order chi connectivity index (χ1) is 19.8. The number of carbonyl (C=O) groups is 1. The predicted octanol–water partition coefficient (Wildman–Crippen LogP) is 4.76. The second-order valence-electron chi connectivity index (χ2n) is 9.69. The standard InChI is InChI=1S/C31H32N2O7S/c1-38-27-14-7-4-11-22(27)25-19-21(41(35,36)37)20-26(23-12-5-8-15-28(23)39-2)31(25,33-18-10-17-32-30(33)34)24-13-6-9-16-29(24)40-3/h4-9,11-16,19-21H,10,17-18H2,1-3H3,(H,32,34)(H,35,36,37). The molecule has 0 unspecified atom stereocenters. The zero-order valence-electron chi connectivity index (χ0n) is 23.0. The van der Waals surface area contributed by atoms with Crippen molar-refractivity contribution in [2.24, 2.45) is 0 Å². The van der Waals surface area contributed by atoms with Gasteiger partial charge in [-0.2, -0.15) is 8.42 Å². The topological polar surface area (TPSA) is 114 Å². The monoisotopic (exact) mass is 576 g/mol. The molecule has 2 aliphatic rings. The van der Waals surface area contributed by atoms with Gasteiger partial charge in [-0.25, -0.2) is 4.79 Å². The van der Waals surface area contributed by atoms with Crippen LogP contribution in [0.1, 0.15) is 23.1 Å². The van der Waals surface area contributed by atoms with Gasteiger partial charge >= 0.3 is 6.03 Å². The van der Waals surface area contributed by atoms with Crippen molar-refractivity contribution in [2.75, 3.05) is 34.4 Å². The Hall–Kier alpha value is -4.28. The van der Waals surface area contributed by atoms with Crippen LogP contribution in [-0.2, 0) is 15.7 Å². The third-order valence-corrected chi connectivity index (χ3v) is 8.52. The number of benzene rings is 3. The molecule has 41 heavy (non-hydrogen) atoms. The molecule has 0 saturated carbocycles. The van der Waals surface area contributed by atoms with Crippen molar-refractivity contribution < 1.29 is 32.0 Å². The molecule has 0 bridgehead atoms. The molecule has 0 radical (unpaired) electrons. The summed E-state index contributed by atoms with van der Waals surface area (Å²) >= 11 is 0. The molecular formula is C31H32N2O7S. The largest absolute Gasteiger partial charge is 0.496 e. The molecule has 1 fully saturated rings. The van der Waals surface area contributed by atoms with Crippen LogP contribution in [0.5, 0.6) is 17.2 Å². The van der Waals surface area contributed by atoms with E-state index in [9.17, 15) is 17.8 Å². The lowest BCUT2D eigenvalue weighted by Gasteiger charge is -2.51. The van der Waals surface area contributed by atoms with E-state index in [0.29, 0.717) is 64.6 Å². The summed E-state index contributed by atoms with van der Waals surface area (Å²) in [5, 5.41) is 1.53. The number of nitrogens with one attached hydrogen (secondary N) is 1. The van der Waals surface area contributed by atoms with Crippen LogP contribution in [0, 0.1) is 0 Å². The molecule has 10 heteroatoms. The second-order valence-corrected chi connectivity index (χ2v) is 11.3. The van der Waals surface area contributed by atoms with Crippen LogP contribution < -0.4 is 19.5 Å². The fourth-order valence-electron chi connectivity index (χ4n) is 5.86. The lowest BCUT2D eigenvalue weighted by molar-refractivity contribution is 0.154. The molecule has 0 aromatic heterocycles. The molecule has 214 valence electrons. The fourth-order valence-corrected chi connectivity index (χ4v) is 6.47. The number of hydrogen-bond donors (Lipinski definition) is 2. The number of nitrogens with zero attached hydrogens (tertiary/aromatic N) is 1. The van der Waals surface area contributed by atoms with E-state index in [0.717, 1.165) is 0 Å². The van der Waals surface area contributed by atoms with E-state index in [1.165, 1.54) is 26.4 Å². The van der Waals surface area contributed by atoms with Crippen LogP contribution in [-0.4, -0.2) is 63.6 Å². The highest BCUT2D eigenvalue weighted by atomic mass is 32.2. The molecule has 2 amide bonds. The summed E-state index contributed by atoms with van der Waals surface area (Å²) in [4.78, 5) is 15.6. The number of hydrogen-bond acceptors (Lipinski definition) is 6. The minimum absolute atomic E-state index is 0.339. The average molecular weight is 577 g/mol. The maximum absolute atomic E-state index is 13.9. The van der Waals surface area contributed by atoms with Gasteiger partial charge in [-0.1, -0.05) is 66.7 Å². The molecule has 3 aromatic carbocycles. The summed E-state index contributed by atoms with van der Waals surface area (Å²) in [6, 6.07) is 21.4. The Morgan fingerprint density at radius 2 is 1.29 bits per heavy atom. The van der Waals surface area contributed by atoms with Gasteiger partial charge in [0.05, 0.1) is 21.3 Å². The SMILES string of the molecule is COc1ccccc1C1=CC(S(=O)(=O)O)C=C(c2ccccc2OC)C1(c1ccccc1OC)N1CCCNC1=O. The molecule has 1 saturated heterocycles. The number of para-hydroxylation sites is 3. The van der Waals surface area contributed by atoms with Crippen molar-refractivity contribution >= 4 is 27.3 Å². The normalized spacial score (nSPS) is 20.9. The van der Waals surface area contributed by atoms with Crippen molar-refractivity contribution in [3.63, 3.8) is 0 Å². The molecule has 5 rings (SSSR count). The van der Waals surface area contributed by atoms with Gasteiger partial charge in [0, 0.05) is 29.8 Å². The fraction of sp³-hybridized carbons (Fsp3) is 0.258. The van der Waals surface area contributed by atoms with Crippen LogP contribution >= 0.6 is 0 Å². The lowest BCUT2D eigenvalue weighted by atomic mass is 9.67. The summed E-state index contributed by atoms with van der Waals surface area (Å²) in [7, 11) is -0.0254. The van der Waals surface area contributed by atoms with E-state index in [2.05, 4.69) is 5.32 Å². The highest BCUT2D eigenvalue weighted by Gasteiger charge is 2.54. The number of ether oxygens (including phenoxy) is 3. The molecule has 9 nitrogen and oxygen atoms in total. The number of methoxy groups -OCH3 is 3. The van der Waals surface area contributed by atoms with E-state index >= 15 is 0 Å². The van der Waals surface area contributed by atoms with Gasteiger partial charge in [-0.05, 0) is 35.8 Å². The average Bonchev–Trinajstić information content (AvgIpc) is 3.00. The maximum Gasteiger partial charge on any atom is 0.318 e. The zero-order valence-corrected chi connectivity index (χ0v) is 23.9. The minimum atomic E-state index is -4.62. The summed E-state index contributed by atoms with van der Waals surface area (Å²) < 4.78 is 53.5. The molecule has 1 aliphatic carbocycles.